The Morgan fingerprint density at radius 2 is 2.12 bits per heavy atom. The summed E-state index contributed by atoms with van der Waals surface area (Å²) >= 11 is 1.29. The van der Waals surface area contributed by atoms with Crippen LogP contribution in [-0.2, 0) is 21.1 Å². The van der Waals surface area contributed by atoms with E-state index < -0.39 is 9.84 Å². The van der Waals surface area contributed by atoms with Gasteiger partial charge in [-0.1, -0.05) is 18.3 Å². The molecule has 0 atom stereocenters. The van der Waals surface area contributed by atoms with Crippen molar-refractivity contribution in [2.75, 3.05) is 17.3 Å². The molecule has 16 heavy (non-hydrogen) atoms. The lowest BCUT2D eigenvalue weighted by molar-refractivity contribution is -0.115. The molecule has 90 valence electrons. The number of aromatic nitrogens is 2. The lowest BCUT2D eigenvalue weighted by atomic mass is 10.5. The van der Waals surface area contributed by atoms with Crippen molar-refractivity contribution < 1.29 is 13.2 Å². The van der Waals surface area contributed by atoms with E-state index in [-0.39, 0.29) is 18.1 Å². The molecule has 1 rings (SSSR count). The second kappa shape index (κ2) is 5.35. The van der Waals surface area contributed by atoms with Crippen molar-refractivity contribution in [2.24, 2.45) is 0 Å². The Hall–Kier alpha value is -1.02. The van der Waals surface area contributed by atoms with Crippen molar-refractivity contribution in [3.63, 3.8) is 0 Å². The van der Waals surface area contributed by atoms with Gasteiger partial charge in [-0.15, -0.1) is 10.2 Å². The molecule has 1 aromatic heterocycles. The van der Waals surface area contributed by atoms with E-state index in [1.807, 2.05) is 6.92 Å². The third-order valence-corrected chi connectivity index (χ3v) is 3.64. The molecule has 1 heterocycles. The summed E-state index contributed by atoms with van der Waals surface area (Å²) in [5.41, 5.74) is 0. The van der Waals surface area contributed by atoms with Crippen molar-refractivity contribution in [2.45, 2.75) is 19.8 Å². The van der Waals surface area contributed by atoms with Crippen LogP contribution in [0.25, 0.3) is 0 Å². The van der Waals surface area contributed by atoms with E-state index in [4.69, 9.17) is 0 Å². The number of amides is 1. The highest BCUT2D eigenvalue weighted by atomic mass is 32.2. The molecule has 1 amide bonds. The maximum atomic E-state index is 11.3. The average molecular weight is 263 g/mol. The van der Waals surface area contributed by atoms with E-state index in [2.05, 4.69) is 15.5 Å². The van der Waals surface area contributed by atoms with Crippen molar-refractivity contribution in [3.8, 4) is 0 Å². The minimum Gasteiger partial charge on any atom is -0.301 e. The van der Waals surface area contributed by atoms with Gasteiger partial charge in [-0.05, 0) is 6.42 Å². The molecule has 0 fully saturated rings. The number of carbonyl (C=O) groups is 1. The Bertz CT molecular complexity index is 467. The predicted octanol–water partition coefficient (Wildman–Crippen LogP) is 0.474. The van der Waals surface area contributed by atoms with Crippen LogP contribution in [0.2, 0.25) is 0 Å². The number of hydrogen-bond acceptors (Lipinski definition) is 6. The summed E-state index contributed by atoms with van der Waals surface area (Å²) in [7, 11) is -3.10. The number of nitrogens with one attached hydrogen (secondary N) is 1. The van der Waals surface area contributed by atoms with Crippen LogP contribution in [0.15, 0.2) is 0 Å². The van der Waals surface area contributed by atoms with Gasteiger partial charge >= 0.3 is 0 Å². The first-order chi connectivity index (χ1) is 7.40. The molecule has 0 aliphatic rings. The summed E-state index contributed by atoms with van der Waals surface area (Å²) in [5, 5.41) is 11.3. The molecule has 8 heteroatoms. The fraction of sp³-hybridized carbons (Fsp3) is 0.625. The second-order valence-electron chi connectivity index (χ2n) is 3.28. The van der Waals surface area contributed by atoms with E-state index in [1.165, 1.54) is 11.3 Å². The summed E-state index contributed by atoms with van der Waals surface area (Å²) in [6.45, 7) is 1.94. The van der Waals surface area contributed by atoms with Gasteiger partial charge in [-0.3, -0.25) is 4.79 Å². The summed E-state index contributed by atoms with van der Waals surface area (Å²) in [4.78, 5) is 11.3. The lowest BCUT2D eigenvalue weighted by Gasteiger charge is -1.99. The maximum absolute atomic E-state index is 11.3. The molecule has 6 nitrogen and oxygen atoms in total. The zero-order valence-corrected chi connectivity index (χ0v) is 10.7. The van der Waals surface area contributed by atoms with Gasteiger partial charge in [-0.2, -0.15) is 0 Å². The SMILES string of the molecule is CCc1nnc(NC(=O)CCS(C)(=O)=O)s1. The first-order valence-electron chi connectivity index (χ1n) is 4.70. The van der Waals surface area contributed by atoms with Crippen LogP contribution >= 0.6 is 11.3 Å². The highest BCUT2D eigenvalue weighted by Gasteiger charge is 2.10. The Labute approximate surface area is 98.0 Å². The van der Waals surface area contributed by atoms with Crippen molar-refractivity contribution in [3.05, 3.63) is 5.01 Å². The molecule has 0 aliphatic carbocycles. The van der Waals surface area contributed by atoms with Gasteiger partial charge in [0.2, 0.25) is 11.0 Å². The first kappa shape index (κ1) is 13.0. The summed E-state index contributed by atoms with van der Waals surface area (Å²) in [6, 6.07) is 0. The Kier molecular flexibility index (Phi) is 4.36. The number of carbonyl (C=O) groups excluding carboxylic acids is 1. The zero-order chi connectivity index (χ0) is 12.2. The molecule has 0 saturated heterocycles. The number of hydrogen-bond donors (Lipinski definition) is 1. The highest BCUT2D eigenvalue weighted by Crippen LogP contribution is 2.15. The molecule has 0 saturated carbocycles. The van der Waals surface area contributed by atoms with Gasteiger partial charge in [0.25, 0.3) is 0 Å². The monoisotopic (exact) mass is 263 g/mol. The lowest BCUT2D eigenvalue weighted by Crippen LogP contribution is -2.16. The van der Waals surface area contributed by atoms with Gasteiger partial charge in [0.15, 0.2) is 0 Å². The van der Waals surface area contributed by atoms with Crippen molar-refractivity contribution in [1.82, 2.24) is 10.2 Å². The third kappa shape index (κ3) is 4.67. The van der Waals surface area contributed by atoms with Gasteiger partial charge in [-0.25, -0.2) is 8.42 Å². The number of rotatable bonds is 5. The van der Waals surface area contributed by atoms with E-state index in [1.54, 1.807) is 0 Å². The molecule has 0 aromatic carbocycles. The normalized spacial score (nSPS) is 11.4. The largest absolute Gasteiger partial charge is 0.301 e. The van der Waals surface area contributed by atoms with Crippen LogP contribution in [-0.4, -0.2) is 36.5 Å². The number of nitrogens with zero attached hydrogens (tertiary/aromatic N) is 2. The van der Waals surface area contributed by atoms with Crippen LogP contribution < -0.4 is 5.32 Å². The molecule has 0 radical (unpaired) electrons. The van der Waals surface area contributed by atoms with Crippen LogP contribution in [0.4, 0.5) is 5.13 Å². The van der Waals surface area contributed by atoms with E-state index in [9.17, 15) is 13.2 Å². The standard InChI is InChI=1S/C8H13N3O3S2/c1-3-7-10-11-8(15-7)9-6(12)4-5-16(2,13)14/h3-5H2,1-2H3,(H,9,11,12). The van der Waals surface area contributed by atoms with Crippen molar-refractivity contribution in [1.29, 1.82) is 0 Å². The van der Waals surface area contributed by atoms with Gasteiger partial charge in [0, 0.05) is 12.7 Å². The van der Waals surface area contributed by atoms with E-state index in [0.717, 1.165) is 17.7 Å². The summed E-state index contributed by atoms with van der Waals surface area (Å²) in [6.07, 6.45) is 1.80. The fourth-order valence-electron chi connectivity index (χ4n) is 0.907. The highest BCUT2D eigenvalue weighted by molar-refractivity contribution is 7.90. The van der Waals surface area contributed by atoms with Crippen molar-refractivity contribution >= 4 is 32.2 Å². The predicted molar refractivity (Wildman–Crippen MR) is 62.2 cm³/mol. The molecule has 0 aliphatic heterocycles. The Balaban J connectivity index is 2.45. The van der Waals surface area contributed by atoms with Gasteiger partial charge < -0.3 is 5.32 Å². The maximum Gasteiger partial charge on any atom is 0.227 e. The van der Waals surface area contributed by atoms with E-state index >= 15 is 0 Å². The number of anilines is 1. The molecule has 0 bridgehead atoms. The minimum atomic E-state index is -3.10. The molecular weight excluding hydrogens is 250 g/mol. The van der Waals surface area contributed by atoms with E-state index in [0.29, 0.717) is 5.13 Å². The molecule has 0 unspecified atom stereocenters. The zero-order valence-electron chi connectivity index (χ0n) is 9.06. The summed E-state index contributed by atoms with van der Waals surface area (Å²) < 4.78 is 21.7. The second-order valence-corrected chi connectivity index (χ2v) is 6.60. The molecule has 1 N–H and O–H groups in total. The minimum absolute atomic E-state index is 0.0557. The molecular formula is C8H13N3O3S2. The Morgan fingerprint density at radius 3 is 2.62 bits per heavy atom. The molecule has 1 aromatic rings. The topological polar surface area (TPSA) is 89.0 Å². The molecule has 0 spiro atoms. The smallest absolute Gasteiger partial charge is 0.227 e. The third-order valence-electron chi connectivity index (χ3n) is 1.72. The average Bonchev–Trinajstić information content (AvgIpc) is 2.61. The quantitative estimate of drug-likeness (QED) is 0.834. The van der Waals surface area contributed by atoms with Crippen LogP contribution in [0, 0.1) is 0 Å². The number of aryl methyl sites for hydroxylation is 1. The summed E-state index contributed by atoms with van der Waals surface area (Å²) in [5.74, 6) is -0.512. The van der Waals surface area contributed by atoms with Gasteiger partial charge in [0.1, 0.15) is 14.8 Å². The van der Waals surface area contributed by atoms with Crippen LogP contribution in [0.1, 0.15) is 18.4 Å². The first-order valence-corrected chi connectivity index (χ1v) is 7.58. The fourth-order valence-corrected chi connectivity index (χ4v) is 2.16. The Morgan fingerprint density at radius 1 is 1.44 bits per heavy atom. The van der Waals surface area contributed by atoms with Crippen LogP contribution in [0.5, 0.6) is 0 Å². The van der Waals surface area contributed by atoms with Crippen LogP contribution in [0.3, 0.4) is 0 Å². The number of sulfone groups is 1. The van der Waals surface area contributed by atoms with Gasteiger partial charge in [0.05, 0.1) is 5.75 Å².